The minimum atomic E-state index is -0.771. The predicted molar refractivity (Wildman–Crippen MR) is 117 cm³/mol. The minimum Gasteiger partial charge on any atom is -0.481 e. The van der Waals surface area contributed by atoms with Crippen molar-refractivity contribution in [2.45, 2.75) is 12.8 Å². The van der Waals surface area contributed by atoms with Crippen molar-refractivity contribution in [2.75, 3.05) is 23.3 Å². The van der Waals surface area contributed by atoms with E-state index in [1.54, 1.807) is 18.2 Å². The molecular weight excluding hydrogens is 433 g/mol. The molecule has 10 heteroatoms. The Labute approximate surface area is 187 Å². The maximum absolute atomic E-state index is 13.5. The maximum Gasteiger partial charge on any atom is 0.306 e. The number of carboxylic acid groups (broad SMARTS) is 1. The molecule has 1 saturated heterocycles. The SMILES string of the molecule is N#Cc1sc(NC(=O)c2ccc(N3CCC(C(=O)O)CC3)nc2)nc1-c1cccc(F)c1. The molecule has 1 fully saturated rings. The van der Waals surface area contributed by atoms with Crippen LogP contribution < -0.4 is 10.2 Å². The molecule has 162 valence electrons. The topological polar surface area (TPSA) is 119 Å². The minimum absolute atomic E-state index is 0.227. The highest BCUT2D eigenvalue weighted by atomic mass is 32.1. The Balaban J connectivity index is 1.44. The summed E-state index contributed by atoms with van der Waals surface area (Å²) in [5.41, 5.74) is 1.08. The van der Waals surface area contributed by atoms with Crippen LogP contribution in [-0.4, -0.2) is 40.0 Å². The Morgan fingerprint density at radius 1 is 1.25 bits per heavy atom. The molecule has 4 rings (SSSR count). The number of benzene rings is 1. The van der Waals surface area contributed by atoms with Gasteiger partial charge in [-0.15, -0.1) is 0 Å². The van der Waals surface area contributed by atoms with Crippen LogP contribution in [0, 0.1) is 23.1 Å². The first kappa shape index (κ1) is 21.4. The number of rotatable bonds is 5. The first-order valence-corrected chi connectivity index (χ1v) is 10.7. The number of thiazole rings is 1. The summed E-state index contributed by atoms with van der Waals surface area (Å²) in [7, 11) is 0. The monoisotopic (exact) mass is 451 g/mol. The molecule has 0 atom stereocenters. The van der Waals surface area contributed by atoms with Gasteiger partial charge in [-0.2, -0.15) is 5.26 Å². The predicted octanol–water partition coefficient (Wildman–Crippen LogP) is 3.77. The number of aromatic nitrogens is 2. The van der Waals surface area contributed by atoms with Crippen molar-refractivity contribution >= 4 is 34.2 Å². The van der Waals surface area contributed by atoms with Gasteiger partial charge in [0.1, 0.15) is 28.3 Å². The molecule has 1 amide bonds. The lowest BCUT2D eigenvalue weighted by Gasteiger charge is -2.30. The Morgan fingerprint density at radius 3 is 2.66 bits per heavy atom. The van der Waals surface area contributed by atoms with Gasteiger partial charge in [0, 0.05) is 24.8 Å². The number of aliphatic carboxylic acids is 1. The van der Waals surface area contributed by atoms with Gasteiger partial charge in [0.05, 0.1) is 11.5 Å². The molecule has 0 radical (unpaired) electrons. The van der Waals surface area contributed by atoms with E-state index in [2.05, 4.69) is 15.3 Å². The number of anilines is 2. The number of halogens is 1. The highest BCUT2D eigenvalue weighted by Crippen LogP contribution is 2.31. The second kappa shape index (κ2) is 9.11. The number of nitriles is 1. The van der Waals surface area contributed by atoms with Crippen molar-refractivity contribution in [2.24, 2.45) is 5.92 Å². The zero-order valence-electron chi connectivity index (χ0n) is 16.8. The molecule has 0 saturated carbocycles. The van der Waals surface area contributed by atoms with E-state index in [0.29, 0.717) is 48.6 Å². The molecule has 0 unspecified atom stereocenters. The number of pyridine rings is 1. The summed E-state index contributed by atoms with van der Waals surface area (Å²) < 4.78 is 13.5. The average Bonchev–Trinajstić information content (AvgIpc) is 3.22. The fraction of sp³-hybridized carbons (Fsp3) is 0.227. The van der Waals surface area contributed by atoms with E-state index in [1.807, 2.05) is 11.0 Å². The molecular formula is C22H18FN5O3S. The van der Waals surface area contributed by atoms with Crippen LogP contribution in [0.25, 0.3) is 11.3 Å². The molecule has 3 heterocycles. The fourth-order valence-electron chi connectivity index (χ4n) is 3.51. The Hall–Kier alpha value is -3.84. The third-order valence-electron chi connectivity index (χ3n) is 5.23. The molecule has 1 aliphatic heterocycles. The van der Waals surface area contributed by atoms with Crippen molar-refractivity contribution < 1.29 is 19.1 Å². The Bertz CT molecular complexity index is 1200. The molecule has 8 nitrogen and oxygen atoms in total. The summed E-state index contributed by atoms with van der Waals surface area (Å²) in [6.07, 6.45) is 2.55. The lowest BCUT2D eigenvalue weighted by Crippen LogP contribution is -2.36. The van der Waals surface area contributed by atoms with Crippen molar-refractivity contribution in [1.82, 2.24) is 9.97 Å². The molecule has 32 heavy (non-hydrogen) atoms. The van der Waals surface area contributed by atoms with Gasteiger partial charge in [0.2, 0.25) is 0 Å². The highest BCUT2D eigenvalue weighted by Gasteiger charge is 2.25. The summed E-state index contributed by atoms with van der Waals surface area (Å²) >= 11 is 1.01. The number of amides is 1. The van der Waals surface area contributed by atoms with E-state index >= 15 is 0 Å². The van der Waals surface area contributed by atoms with E-state index < -0.39 is 17.7 Å². The number of hydrogen-bond acceptors (Lipinski definition) is 7. The second-order valence-corrected chi connectivity index (χ2v) is 8.28. The number of nitrogens with one attached hydrogen (secondary N) is 1. The third kappa shape index (κ3) is 4.58. The van der Waals surface area contributed by atoms with E-state index in [0.717, 1.165) is 11.3 Å². The molecule has 0 aliphatic carbocycles. The Kier molecular flexibility index (Phi) is 6.09. The molecule has 3 aromatic rings. The summed E-state index contributed by atoms with van der Waals surface area (Å²) in [6, 6.07) is 11.1. The van der Waals surface area contributed by atoms with Gasteiger partial charge in [-0.25, -0.2) is 14.4 Å². The largest absolute Gasteiger partial charge is 0.481 e. The quantitative estimate of drug-likeness (QED) is 0.606. The number of carbonyl (C=O) groups is 2. The first-order valence-electron chi connectivity index (χ1n) is 9.86. The molecule has 1 aliphatic rings. The van der Waals surface area contributed by atoms with E-state index in [4.69, 9.17) is 5.11 Å². The average molecular weight is 451 g/mol. The van der Waals surface area contributed by atoms with Crippen LogP contribution >= 0.6 is 11.3 Å². The van der Waals surface area contributed by atoms with Crippen molar-refractivity contribution in [3.63, 3.8) is 0 Å². The lowest BCUT2D eigenvalue weighted by atomic mass is 9.97. The standard InChI is InChI=1S/C22H18FN5O3S/c23-16-3-1-2-14(10-16)19-17(11-24)32-22(26-19)27-20(29)15-4-5-18(25-12-15)28-8-6-13(7-9-28)21(30)31/h1-5,10,12-13H,6-9H2,(H,30,31)(H,26,27,29). The van der Waals surface area contributed by atoms with Crippen molar-refractivity contribution in [3.8, 4) is 17.3 Å². The van der Waals surface area contributed by atoms with Gasteiger partial charge >= 0.3 is 5.97 Å². The normalized spacial score (nSPS) is 14.1. The van der Waals surface area contributed by atoms with Gasteiger partial charge < -0.3 is 10.0 Å². The van der Waals surface area contributed by atoms with Crippen LogP contribution in [0.2, 0.25) is 0 Å². The zero-order chi connectivity index (χ0) is 22.7. The number of carboxylic acids is 1. The Morgan fingerprint density at radius 2 is 2.03 bits per heavy atom. The highest BCUT2D eigenvalue weighted by molar-refractivity contribution is 7.16. The number of nitrogens with zero attached hydrogens (tertiary/aromatic N) is 4. The van der Waals surface area contributed by atoms with Crippen LogP contribution in [0.5, 0.6) is 0 Å². The van der Waals surface area contributed by atoms with Gasteiger partial charge in [0.25, 0.3) is 5.91 Å². The van der Waals surface area contributed by atoms with E-state index in [-0.39, 0.29) is 15.9 Å². The summed E-state index contributed by atoms with van der Waals surface area (Å²) in [4.78, 5) is 34.6. The molecule has 1 aromatic carbocycles. The molecule has 0 spiro atoms. The smallest absolute Gasteiger partial charge is 0.306 e. The molecule has 0 bridgehead atoms. The number of carbonyl (C=O) groups excluding carboxylic acids is 1. The summed E-state index contributed by atoms with van der Waals surface area (Å²) in [6.45, 7) is 1.18. The van der Waals surface area contributed by atoms with Crippen molar-refractivity contribution in [1.29, 1.82) is 5.26 Å². The molecule has 2 N–H and O–H groups in total. The van der Waals surface area contributed by atoms with Gasteiger partial charge in [-0.1, -0.05) is 23.5 Å². The van der Waals surface area contributed by atoms with Gasteiger partial charge in [-0.05, 0) is 37.1 Å². The number of piperidine rings is 1. The summed E-state index contributed by atoms with van der Waals surface area (Å²) in [5.74, 6) is -1.29. The van der Waals surface area contributed by atoms with Crippen LogP contribution in [0.3, 0.4) is 0 Å². The third-order valence-corrected chi connectivity index (χ3v) is 6.10. The van der Waals surface area contributed by atoms with Gasteiger partial charge in [-0.3, -0.25) is 14.9 Å². The number of hydrogen-bond donors (Lipinski definition) is 2. The van der Waals surface area contributed by atoms with E-state index in [1.165, 1.54) is 24.4 Å². The van der Waals surface area contributed by atoms with Crippen LogP contribution in [0.15, 0.2) is 42.6 Å². The lowest BCUT2D eigenvalue weighted by molar-refractivity contribution is -0.142. The van der Waals surface area contributed by atoms with Crippen molar-refractivity contribution in [3.05, 3.63) is 58.9 Å². The van der Waals surface area contributed by atoms with Crippen LogP contribution in [0.4, 0.5) is 15.3 Å². The zero-order valence-corrected chi connectivity index (χ0v) is 17.6. The van der Waals surface area contributed by atoms with Crippen LogP contribution in [-0.2, 0) is 4.79 Å². The second-order valence-electron chi connectivity index (χ2n) is 7.28. The fourth-order valence-corrected chi connectivity index (χ4v) is 4.29. The van der Waals surface area contributed by atoms with Gasteiger partial charge in [0.15, 0.2) is 5.13 Å². The van der Waals surface area contributed by atoms with Crippen LogP contribution in [0.1, 0.15) is 28.1 Å². The maximum atomic E-state index is 13.5. The summed E-state index contributed by atoms with van der Waals surface area (Å²) in [5, 5.41) is 21.4. The first-order chi connectivity index (χ1) is 15.4. The van der Waals surface area contributed by atoms with E-state index in [9.17, 15) is 19.2 Å². The molecule has 2 aromatic heterocycles.